The summed E-state index contributed by atoms with van der Waals surface area (Å²) < 4.78 is 5.06. The van der Waals surface area contributed by atoms with Crippen LogP contribution in [0.25, 0.3) is 0 Å². The topological polar surface area (TPSA) is 32.7 Å². The predicted octanol–water partition coefficient (Wildman–Crippen LogP) is 2.14. The van der Waals surface area contributed by atoms with Crippen molar-refractivity contribution in [2.24, 2.45) is 11.3 Å². The molecule has 0 aromatic carbocycles. The Bertz CT molecular complexity index is 218. The van der Waals surface area contributed by atoms with Crippen molar-refractivity contribution in [1.82, 2.24) is 4.90 Å². The minimum atomic E-state index is -0.104. The van der Waals surface area contributed by atoms with Crippen LogP contribution in [0.3, 0.4) is 0 Å². The molecular formula is C14H29NO2. The third kappa shape index (κ3) is 5.36. The molecule has 1 N–H and O–H groups in total. The molecule has 1 rings (SSSR count). The zero-order valence-electron chi connectivity index (χ0n) is 11.9. The van der Waals surface area contributed by atoms with Gasteiger partial charge in [0.05, 0.1) is 6.10 Å². The average molecular weight is 243 g/mol. The van der Waals surface area contributed by atoms with E-state index in [0.717, 1.165) is 45.4 Å². The number of nitrogens with zero attached hydrogens (tertiary/aromatic N) is 1. The molecule has 0 bridgehead atoms. The van der Waals surface area contributed by atoms with Gasteiger partial charge in [-0.15, -0.1) is 0 Å². The Morgan fingerprint density at radius 1 is 1.41 bits per heavy atom. The standard InChI is InChI=1S/C14H29NO2/c1-14(2)7-6-13(16)12(10-14)11-15(3)8-5-9-17-4/h12-13,16H,5-11H2,1-4H3. The lowest BCUT2D eigenvalue weighted by molar-refractivity contribution is 0.00694. The van der Waals surface area contributed by atoms with Crippen LogP contribution in [0.15, 0.2) is 0 Å². The minimum absolute atomic E-state index is 0.104. The fraction of sp³-hybridized carbons (Fsp3) is 1.00. The van der Waals surface area contributed by atoms with Crippen LogP contribution >= 0.6 is 0 Å². The van der Waals surface area contributed by atoms with Gasteiger partial charge in [0, 0.05) is 26.8 Å². The molecule has 1 fully saturated rings. The van der Waals surface area contributed by atoms with Crippen molar-refractivity contribution in [3.8, 4) is 0 Å². The van der Waals surface area contributed by atoms with Gasteiger partial charge < -0.3 is 14.7 Å². The van der Waals surface area contributed by atoms with Crippen molar-refractivity contribution in [1.29, 1.82) is 0 Å². The zero-order valence-corrected chi connectivity index (χ0v) is 11.9. The van der Waals surface area contributed by atoms with Crippen molar-refractivity contribution in [3.05, 3.63) is 0 Å². The van der Waals surface area contributed by atoms with E-state index in [-0.39, 0.29) is 6.10 Å². The summed E-state index contributed by atoms with van der Waals surface area (Å²) in [6, 6.07) is 0. The zero-order chi connectivity index (χ0) is 12.9. The van der Waals surface area contributed by atoms with Crippen molar-refractivity contribution < 1.29 is 9.84 Å². The van der Waals surface area contributed by atoms with Gasteiger partial charge in [0.2, 0.25) is 0 Å². The summed E-state index contributed by atoms with van der Waals surface area (Å²) in [6.07, 6.45) is 4.22. The highest BCUT2D eigenvalue weighted by molar-refractivity contribution is 4.86. The Balaban J connectivity index is 2.32. The fourth-order valence-corrected chi connectivity index (χ4v) is 2.88. The van der Waals surface area contributed by atoms with Gasteiger partial charge >= 0.3 is 0 Å². The molecule has 2 atom stereocenters. The first-order chi connectivity index (χ1) is 7.94. The molecule has 0 saturated heterocycles. The van der Waals surface area contributed by atoms with Gasteiger partial charge in [-0.1, -0.05) is 13.8 Å². The molecule has 0 aromatic rings. The van der Waals surface area contributed by atoms with Crippen LogP contribution in [0.4, 0.5) is 0 Å². The van der Waals surface area contributed by atoms with Gasteiger partial charge in [0.1, 0.15) is 0 Å². The third-order valence-corrected chi connectivity index (χ3v) is 3.91. The molecular weight excluding hydrogens is 214 g/mol. The predicted molar refractivity (Wildman–Crippen MR) is 71.1 cm³/mol. The lowest BCUT2D eigenvalue weighted by Crippen LogP contribution is -2.40. The van der Waals surface area contributed by atoms with Crippen LogP contribution in [0.1, 0.15) is 39.5 Å². The van der Waals surface area contributed by atoms with E-state index < -0.39 is 0 Å². The molecule has 17 heavy (non-hydrogen) atoms. The van der Waals surface area contributed by atoms with Crippen LogP contribution in [0, 0.1) is 11.3 Å². The fourth-order valence-electron chi connectivity index (χ4n) is 2.88. The highest BCUT2D eigenvalue weighted by Crippen LogP contribution is 2.38. The number of ether oxygens (including phenoxy) is 1. The van der Waals surface area contributed by atoms with E-state index in [4.69, 9.17) is 4.74 Å². The number of hydrogen-bond acceptors (Lipinski definition) is 3. The van der Waals surface area contributed by atoms with E-state index in [0.29, 0.717) is 11.3 Å². The molecule has 1 aliphatic carbocycles. The summed E-state index contributed by atoms with van der Waals surface area (Å²) in [5, 5.41) is 10.1. The highest BCUT2D eigenvalue weighted by atomic mass is 16.5. The molecule has 1 saturated carbocycles. The number of methoxy groups -OCH3 is 1. The number of aliphatic hydroxyl groups is 1. The summed E-state index contributed by atoms with van der Waals surface area (Å²) >= 11 is 0. The summed E-state index contributed by atoms with van der Waals surface area (Å²) in [5.41, 5.74) is 0.400. The van der Waals surface area contributed by atoms with Gasteiger partial charge in [-0.25, -0.2) is 0 Å². The molecule has 0 spiro atoms. The van der Waals surface area contributed by atoms with Crippen LogP contribution in [-0.4, -0.2) is 50.0 Å². The van der Waals surface area contributed by atoms with Gasteiger partial charge in [0.25, 0.3) is 0 Å². The minimum Gasteiger partial charge on any atom is -0.393 e. The number of hydrogen-bond donors (Lipinski definition) is 1. The van der Waals surface area contributed by atoms with Crippen LogP contribution in [-0.2, 0) is 4.74 Å². The van der Waals surface area contributed by atoms with Crippen molar-refractivity contribution >= 4 is 0 Å². The van der Waals surface area contributed by atoms with E-state index in [1.165, 1.54) is 0 Å². The van der Waals surface area contributed by atoms with Gasteiger partial charge in [-0.2, -0.15) is 0 Å². The number of rotatable bonds is 6. The Morgan fingerprint density at radius 3 is 2.76 bits per heavy atom. The second kappa shape index (κ2) is 6.72. The summed E-state index contributed by atoms with van der Waals surface area (Å²) in [4.78, 5) is 2.33. The Kier molecular flexibility index (Phi) is 5.90. The molecule has 1 aliphatic rings. The SMILES string of the molecule is COCCCN(C)CC1CC(C)(C)CCC1O. The van der Waals surface area contributed by atoms with E-state index in [9.17, 15) is 5.11 Å². The van der Waals surface area contributed by atoms with Gasteiger partial charge in [-0.3, -0.25) is 0 Å². The Labute approximate surface area is 106 Å². The Morgan fingerprint density at radius 2 is 2.12 bits per heavy atom. The van der Waals surface area contributed by atoms with E-state index in [2.05, 4.69) is 25.8 Å². The van der Waals surface area contributed by atoms with Gasteiger partial charge in [0.15, 0.2) is 0 Å². The summed E-state index contributed by atoms with van der Waals surface area (Å²) in [6.45, 7) is 7.52. The first-order valence-corrected chi connectivity index (χ1v) is 6.80. The van der Waals surface area contributed by atoms with Crippen LogP contribution < -0.4 is 0 Å². The average Bonchev–Trinajstić information content (AvgIpc) is 2.24. The second-order valence-corrected chi connectivity index (χ2v) is 6.34. The van der Waals surface area contributed by atoms with E-state index >= 15 is 0 Å². The summed E-state index contributed by atoms with van der Waals surface area (Å²) in [5.74, 6) is 0.436. The highest BCUT2D eigenvalue weighted by Gasteiger charge is 2.34. The lowest BCUT2D eigenvalue weighted by atomic mass is 9.71. The smallest absolute Gasteiger partial charge is 0.0581 e. The molecule has 3 heteroatoms. The normalized spacial score (nSPS) is 28.6. The maximum absolute atomic E-state index is 10.1. The van der Waals surface area contributed by atoms with Crippen molar-refractivity contribution in [2.75, 3.05) is 33.9 Å². The monoisotopic (exact) mass is 243 g/mol. The van der Waals surface area contributed by atoms with Crippen LogP contribution in [0.2, 0.25) is 0 Å². The molecule has 102 valence electrons. The third-order valence-electron chi connectivity index (χ3n) is 3.91. The maximum atomic E-state index is 10.1. The largest absolute Gasteiger partial charge is 0.393 e. The lowest BCUT2D eigenvalue weighted by Gasteiger charge is -2.40. The van der Waals surface area contributed by atoms with Crippen molar-refractivity contribution in [3.63, 3.8) is 0 Å². The first kappa shape index (κ1) is 14.9. The maximum Gasteiger partial charge on any atom is 0.0581 e. The molecule has 0 aliphatic heterocycles. The van der Waals surface area contributed by atoms with E-state index in [1.807, 2.05) is 0 Å². The summed E-state index contributed by atoms with van der Waals surface area (Å²) in [7, 11) is 3.89. The van der Waals surface area contributed by atoms with Crippen molar-refractivity contribution in [2.45, 2.75) is 45.6 Å². The Hall–Kier alpha value is -0.120. The molecule has 0 radical (unpaired) electrons. The first-order valence-electron chi connectivity index (χ1n) is 6.80. The molecule has 0 heterocycles. The molecule has 0 amide bonds. The number of aliphatic hydroxyl groups excluding tert-OH is 1. The molecule has 2 unspecified atom stereocenters. The van der Waals surface area contributed by atoms with Gasteiger partial charge in [-0.05, 0) is 44.1 Å². The second-order valence-electron chi connectivity index (χ2n) is 6.34. The molecule has 0 aromatic heterocycles. The quantitative estimate of drug-likeness (QED) is 0.726. The van der Waals surface area contributed by atoms with E-state index in [1.54, 1.807) is 7.11 Å². The van der Waals surface area contributed by atoms with Crippen LogP contribution in [0.5, 0.6) is 0 Å². The molecule has 3 nitrogen and oxygen atoms in total.